The molecule has 1 heterocycles. The van der Waals surface area contributed by atoms with Crippen LogP contribution in [0.2, 0.25) is 5.02 Å². The molecule has 0 atom stereocenters. The number of halogens is 2. The number of hydrogen-bond donors (Lipinski definition) is 2. The molecule has 1 aromatic heterocycles. The summed E-state index contributed by atoms with van der Waals surface area (Å²) in [5, 5.41) is 10.8. The Labute approximate surface area is 232 Å². The molecule has 0 saturated heterocycles. The number of urea groups is 1. The van der Waals surface area contributed by atoms with Gasteiger partial charge in [-0.05, 0) is 42.3 Å². The number of rotatable bonds is 8. The number of anilines is 2. The standard InChI is InChI=1S/C30H31ClFN5O2/c1-30(2,3)26-19-27(37(35-26)25-15-8-7-14-24(25)31)34-28(38)20-36(17-16-21-10-5-4-6-11-21)29(39)33-23-13-9-12-22(32)18-23/h4-15,18-19H,16-17,20H2,1-3H3,(H,33,39)(H,34,38). The average Bonchev–Trinajstić information content (AvgIpc) is 3.31. The van der Waals surface area contributed by atoms with Crippen molar-refractivity contribution in [2.24, 2.45) is 0 Å². The first-order chi connectivity index (χ1) is 18.6. The number of carbonyl (C=O) groups excluding carboxylic acids is 2. The fraction of sp³-hybridized carbons (Fsp3) is 0.233. The van der Waals surface area contributed by atoms with Crippen LogP contribution in [-0.2, 0) is 16.6 Å². The molecule has 0 unspecified atom stereocenters. The highest BCUT2D eigenvalue weighted by molar-refractivity contribution is 6.32. The highest BCUT2D eigenvalue weighted by atomic mass is 35.5. The van der Waals surface area contributed by atoms with Crippen molar-refractivity contribution in [3.8, 4) is 5.69 Å². The molecule has 0 spiro atoms. The Kier molecular flexibility index (Phi) is 8.66. The van der Waals surface area contributed by atoms with E-state index in [1.807, 2.05) is 75.4 Å². The van der Waals surface area contributed by atoms with Crippen molar-refractivity contribution >= 4 is 35.0 Å². The Bertz CT molecular complexity index is 1450. The van der Waals surface area contributed by atoms with Crippen molar-refractivity contribution in [3.05, 3.63) is 107 Å². The second kappa shape index (κ2) is 12.1. The van der Waals surface area contributed by atoms with E-state index in [4.69, 9.17) is 16.7 Å². The highest BCUT2D eigenvalue weighted by Crippen LogP contribution is 2.29. The average molecular weight is 548 g/mol. The SMILES string of the molecule is CC(C)(C)c1cc(NC(=O)CN(CCc2ccccc2)C(=O)Nc2cccc(F)c2)n(-c2ccccc2Cl)n1. The third-order valence-electron chi connectivity index (χ3n) is 6.04. The van der Waals surface area contributed by atoms with Gasteiger partial charge in [-0.15, -0.1) is 0 Å². The van der Waals surface area contributed by atoms with Gasteiger partial charge in [0.25, 0.3) is 0 Å². The summed E-state index contributed by atoms with van der Waals surface area (Å²) < 4.78 is 15.3. The van der Waals surface area contributed by atoms with E-state index in [9.17, 15) is 14.0 Å². The Balaban J connectivity index is 1.56. The van der Waals surface area contributed by atoms with Gasteiger partial charge in [0.2, 0.25) is 5.91 Å². The molecule has 202 valence electrons. The Hall–Kier alpha value is -4.17. The van der Waals surface area contributed by atoms with Gasteiger partial charge in [0.1, 0.15) is 18.2 Å². The molecule has 2 N–H and O–H groups in total. The molecule has 0 aliphatic carbocycles. The van der Waals surface area contributed by atoms with Crippen LogP contribution in [-0.4, -0.2) is 39.7 Å². The van der Waals surface area contributed by atoms with Gasteiger partial charge in [0.15, 0.2) is 0 Å². The second-order valence-corrected chi connectivity index (χ2v) is 10.6. The van der Waals surface area contributed by atoms with Crippen LogP contribution in [0, 0.1) is 5.82 Å². The summed E-state index contributed by atoms with van der Waals surface area (Å²) in [5.74, 6) is -0.443. The predicted molar refractivity (Wildman–Crippen MR) is 153 cm³/mol. The van der Waals surface area contributed by atoms with Gasteiger partial charge in [-0.1, -0.05) is 80.9 Å². The molecule has 0 aliphatic heterocycles. The maximum atomic E-state index is 13.7. The Morgan fingerprint density at radius 3 is 2.36 bits per heavy atom. The summed E-state index contributed by atoms with van der Waals surface area (Å²) in [6.07, 6.45) is 0.538. The van der Waals surface area contributed by atoms with Gasteiger partial charge in [-0.3, -0.25) is 4.79 Å². The maximum absolute atomic E-state index is 13.7. The fourth-order valence-electron chi connectivity index (χ4n) is 3.93. The lowest BCUT2D eigenvalue weighted by Gasteiger charge is -2.23. The number of nitrogens with zero attached hydrogens (tertiary/aromatic N) is 3. The smallest absolute Gasteiger partial charge is 0.315 e. The first-order valence-corrected chi connectivity index (χ1v) is 13.0. The lowest BCUT2D eigenvalue weighted by atomic mass is 9.92. The third kappa shape index (κ3) is 7.45. The van der Waals surface area contributed by atoms with Gasteiger partial charge >= 0.3 is 6.03 Å². The first kappa shape index (κ1) is 27.9. The van der Waals surface area contributed by atoms with E-state index in [1.165, 1.54) is 23.1 Å². The van der Waals surface area contributed by atoms with E-state index in [-0.39, 0.29) is 18.5 Å². The molecule has 39 heavy (non-hydrogen) atoms. The minimum atomic E-state index is -0.512. The predicted octanol–water partition coefficient (Wildman–Crippen LogP) is 6.68. The molecule has 9 heteroatoms. The van der Waals surface area contributed by atoms with Crippen LogP contribution in [0.15, 0.2) is 84.9 Å². The number of benzene rings is 3. The van der Waals surface area contributed by atoms with Crippen LogP contribution >= 0.6 is 11.6 Å². The molecular formula is C30H31ClFN5O2. The summed E-state index contributed by atoms with van der Waals surface area (Å²) in [6.45, 7) is 6.13. The summed E-state index contributed by atoms with van der Waals surface area (Å²) in [6, 6.07) is 23.8. The van der Waals surface area contributed by atoms with E-state index in [0.29, 0.717) is 28.6 Å². The van der Waals surface area contributed by atoms with Crippen LogP contribution in [0.25, 0.3) is 5.69 Å². The quantitative estimate of drug-likeness (QED) is 0.258. The van der Waals surface area contributed by atoms with Crippen LogP contribution < -0.4 is 10.6 Å². The van der Waals surface area contributed by atoms with Crippen molar-refractivity contribution in [2.45, 2.75) is 32.6 Å². The molecule has 3 amide bonds. The molecule has 0 aliphatic rings. The first-order valence-electron chi connectivity index (χ1n) is 12.6. The number of amides is 3. The van der Waals surface area contributed by atoms with Gasteiger partial charge in [0, 0.05) is 23.7 Å². The van der Waals surface area contributed by atoms with Gasteiger partial charge in [0.05, 0.1) is 16.4 Å². The summed E-state index contributed by atoms with van der Waals surface area (Å²) >= 11 is 6.44. The lowest BCUT2D eigenvalue weighted by Crippen LogP contribution is -2.42. The van der Waals surface area contributed by atoms with Gasteiger partial charge < -0.3 is 15.5 Å². The molecular weight excluding hydrogens is 517 g/mol. The van der Waals surface area contributed by atoms with Crippen LogP contribution in [0.1, 0.15) is 32.0 Å². The zero-order valence-electron chi connectivity index (χ0n) is 22.1. The zero-order chi connectivity index (χ0) is 28.0. The van der Waals surface area contributed by atoms with Crippen molar-refractivity contribution in [3.63, 3.8) is 0 Å². The molecule has 0 fully saturated rings. The number of hydrogen-bond acceptors (Lipinski definition) is 3. The molecule has 0 saturated carbocycles. The number of nitrogens with one attached hydrogen (secondary N) is 2. The number of aromatic nitrogens is 2. The van der Waals surface area contributed by atoms with E-state index < -0.39 is 17.8 Å². The molecule has 0 bridgehead atoms. The monoisotopic (exact) mass is 547 g/mol. The van der Waals surface area contributed by atoms with E-state index >= 15 is 0 Å². The number of carbonyl (C=O) groups is 2. The van der Waals surface area contributed by atoms with Crippen LogP contribution in [0.4, 0.5) is 20.7 Å². The number of para-hydroxylation sites is 1. The van der Waals surface area contributed by atoms with E-state index in [2.05, 4.69) is 10.6 Å². The summed E-state index contributed by atoms with van der Waals surface area (Å²) in [5.41, 5.74) is 2.43. The highest BCUT2D eigenvalue weighted by Gasteiger charge is 2.24. The van der Waals surface area contributed by atoms with Crippen molar-refractivity contribution in [2.75, 3.05) is 23.7 Å². The minimum Gasteiger partial charge on any atom is -0.315 e. The Morgan fingerprint density at radius 2 is 1.67 bits per heavy atom. The van der Waals surface area contributed by atoms with Gasteiger partial charge in [-0.2, -0.15) is 5.10 Å². The summed E-state index contributed by atoms with van der Waals surface area (Å²) in [7, 11) is 0. The van der Waals surface area contributed by atoms with Crippen LogP contribution in [0.5, 0.6) is 0 Å². The molecule has 4 rings (SSSR count). The largest absolute Gasteiger partial charge is 0.322 e. The molecule has 7 nitrogen and oxygen atoms in total. The zero-order valence-corrected chi connectivity index (χ0v) is 22.9. The lowest BCUT2D eigenvalue weighted by molar-refractivity contribution is -0.116. The topological polar surface area (TPSA) is 79.3 Å². The second-order valence-electron chi connectivity index (χ2n) is 10.2. The fourth-order valence-corrected chi connectivity index (χ4v) is 4.15. The van der Waals surface area contributed by atoms with Crippen molar-refractivity contribution in [1.29, 1.82) is 0 Å². The molecule has 0 radical (unpaired) electrons. The normalized spacial score (nSPS) is 11.2. The molecule has 3 aromatic carbocycles. The van der Waals surface area contributed by atoms with Gasteiger partial charge in [-0.25, -0.2) is 13.9 Å². The summed E-state index contributed by atoms with van der Waals surface area (Å²) in [4.78, 5) is 27.9. The van der Waals surface area contributed by atoms with Crippen LogP contribution in [0.3, 0.4) is 0 Å². The third-order valence-corrected chi connectivity index (χ3v) is 6.36. The molecule has 4 aromatic rings. The van der Waals surface area contributed by atoms with Crippen molar-refractivity contribution in [1.82, 2.24) is 14.7 Å². The minimum absolute atomic E-state index is 0.230. The van der Waals surface area contributed by atoms with E-state index in [1.54, 1.807) is 16.8 Å². The van der Waals surface area contributed by atoms with Crippen molar-refractivity contribution < 1.29 is 14.0 Å². The van der Waals surface area contributed by atoms with E-state index in [0.717, 1.165) is 11.3 Å². The Morgan fingerprint density at radius 1 is 0.949 bits per heavy atom. The maximum Gasteiger partial charge on any atom is 0.322 e.